The summed E-state index contributed by atoms with van der Waals surface area (Å²) >= 11 is 0. The molecular formula is C12H21N5O. The molecule has 0 atom stereocenters. The molecule has 1 aromatic rings. The van der Waals surface area contributed by atoms with Crippen molar-refractivity contribution in [3.63, 3.8) is 0 Å². The lowest BCUT2D eigenvalue weighted by atomic mass is 10.2. The van der Waals surface area contributed by atoms with Gasteiger partial charge in [-0.15, -0.1) is 0 Å². The molecule has 0 saturated heterocycles. The monoisotopic (exact) mass is 251 g/mol. The Labute approximate surface area is 108 Å². The molecule has 1 rings (SSSR count). The molecule has 1 amide bonds. The first kappa shape index (κ1) is 14.2. The number of carbonyl (C=O) groups is 1. The van der Waals surface area contributed by atoms with Gasteiger partial charge in [0.15, 0.2) is 0 Å². The lowest BCUT2D eigenvalue weighted by Gasteiger charge is -2.18. The predicted molar refractivity (Wildman–Crippen MR) is 72.7 cm³/mol. The van der Waals surface area contributed by atoms with Gasteiger partial charge in [-0.2, -0.15) is 4.98 Å². The van der Waals surface area contributed by atoms with Crippen LogP contribution >= 0.6 is 0 Å². The zero-order valence-electron chi connectivity index (χ0n) is 11.4. The SMILES string of the molecule is CNc1nccc(N(C)CC(=O)NCC(C)C)n1. The summed E-state index contributed by atoms with van der Waals surface area (Å²) in [6, 6.07) is 1.77. The average Bonchev–Trinajstić information content (AvgIpc) is 2.36. The summed E-state index contributed by atoms with van der Waals surface area (Å²) in [6.07, 6.45) is 1.66. The Balaban J connectivity index is 2.53. The molecule has 0 fully saturated rings. The van der Waals surface area contributed by atoms with Crippen molar-refractivity contribution >= 4 is 17.7 Å². The third-order valence-corrected chi connectivity index (χ3v) is 2.34. The number of carbonyl (C=O) groups excluding carboxylic acids is 1. The van der Waals surface area contributed by atoms with Crippen molar-refractivity contribution in [2.24, 2.45) is 5.92 Å². The maximum absolute atomic E-state index is 11.7. The second kappa shape index (κ2) is 6.78. The van der Waals surface area contributed by atoms with Crippen LogP contribution in [0.4, 0.5) is 11.8 Å². The number of likely N-dealkylation sites (N-methyl/N-ethyl adjacent to an activating group) is 1. The van der Waals surface area contributed by atoms with Gasteiger partial charge in [0, 0.05) is 26.8 Å². The summed E-state index contributed by atoms with van der Waals surface area (Å²) < 4.78 is 0. The number of rotatable bonds is 6. The van der Waals surface area contributed by atoms with Crippen molar-refractivity contribution in [1.82, 2.24) is 15.3 Å². The molecule has 18 heavy (non-hydrogen) atoms. The van der Waals surface area contributed by atoms with Gasteiger partial charge in [0.1, 0.15) is 5.82 Å². The highest BCUT2D eigenvalue weighted by molar-refractivity contribution is 5.80. The van der Waals surface area contributed by atoms with Crippen LogP contribution in [0, 0.1) is 5.92 Å². The van der Waals surface area contributed by atoms with Crippen molar-refractivity contribution in [2.45, 2.75) is 13.8 Å². The maximum Gasteiger partial charge on any atom is 0.239 e. The highest BCUT2D eigenvalue weighted by Crippen LogP contribution is 2.09. The normalized spacial score (nSPS) is 10.3. The Kier molecular flexibility index (Phi) is 5.35. The molecule has 100 valence electrons. The van der Waals surface area contributed by atoms with Crippen LogP contribution in [0.25, 0.3) is 0 Å². The molecule has 0 aliphatic rings. The van der Waals surface area contributed by atoms with Gasteiger partial charge in [-0.05, 0) is 12.0 Å². The van der Waals surface area contributed by atoms with E-state index in [2.05, 4.69) is 34.4 Å². The summed E-state index contributed by atoms with van der Waals surface area (Å²) in [4.78, 5) is 21.8. The van der Waals surface area contributed by atoms with Gasteiger partial charge in [-0.1, -0.05) is 13.8 Å². The zero-order valence-corrected chi connectivity index (χ0v) is 11.4. The second-order valence-corrected chi connectivity index (χ2v) is 4.54. The largest absolute Gasteiger partial charge is 0.357 e. The van der Waals surface area contributed by atoms with E-state index >= 15 is 0 Å². The first-order valence-corrected chi connectivity index (χ1v) is 6.01. The molecule has 1 aromatic heterocycles. The second-order valence-electron chi connectivity index (χ2n) is 4.54. The van der Waals surface area contributed by atoms with Crippen molar-refractivity contribution in [3.05, 3.63) is 12.3 Å². The summed E-state index contributed by atoms with van der Waals surface area (Å²) in [5, 5.41) is 5.74. The number of amides is 1. The van der Waals surface area contributed by atoms with E-state index in [1.807, 2.05) is 7.05 Å². The van der Waals surface area contributed by atoms with E-state index in [0.29, 0.717) is 24.2 Å². The van der Waals surface area contributed by atoms with Gasteiger partial charge >= 0.3 is 0 Å². The van der Waals surface area contributed by atoms with Crippen molar-refractivity contribution in [2.75, 3.05) is 37.4 Å². The summed E-state index contributed by atoms with van der Waals surface area (Å²) in [5.41, 5.74) is 0. The highest BCUT2D eigenvalue weighted by atomic mass is 16.2. The van der Waals surface area contributed by atoms with E-state index in [4.69, 9.17) is 0 Å². The predicted octanol–water partition coefficient (Wildman–Crippen LogP) is 0.727. The third-order valence-electron chi connectivity index (χ3n) is 2.34. The lowest BCUT2D eigenvalue weighted by molar-refractivity contribution is -0.119. The van der Waals surface area contributed by atoms with Crippen molar-refractivity contribution in [1.29, 1.82) is 0 Å². The first-order valence-electron chi connectivity index (χ1n) is 6.01. The Bertz CT molecular complexity index is 394. The summed E-state index contributed by atoms with van der Waals surface area (Å²) in [5.74, 6) is 1.71. The fraction of sp³-hybridized carbons (Fsp3) is 0.583. The summed E-state index contributed by atoms with van der Waals surface area (Å²) in [7, 11) is 3.59. The molecule has 0 aliphatic carbocycles. The average molecular weight is 251 g/mol. The molecular weight excluding hydrogens is 230 g/mol. The van der Waals surface area contributed by atoms with Gasteiger partial charge < -0.3 is 15.5 Å². The molecule has 1 heterocycles. The molecule has 0 unspecified atom stereocenters. The quantitative estimate of drug-likeness (QED) is 0.780. The lowest BCUT2D eigenvalue weighted by Crippen LogP contribution is -2.37. The van der Waals surface area contributed by atoms with Crippen molar-refractivity contribution < 1.29 is 4.79 Å². The third kappa shape index (κ3) is 4.57. The number of nitrogens with one attached hydrogen (secondary N) is 2. The van der Waals surface area contributed by atoms with Crippen LogP contribution in [0.5, 0.6) is 0 Å². The molecule has 6 heteroatoms. The standard InChI is InChI=1S/C12H21N5O/c1-9(2)7-15-11(18)8-17(4)10-5-6-14-12(13-3)16-10/h5-6,9H,7-8H2,1-4H3,(H,15,18)(H,13,14,16). The first-order chi connectivity index (χ1) is 8.52. The van der Waals surface area contributed by atoms with Crippen LogP contribution in [0.1, 0.15) is 13.8 Å². The minimum absolute atomic E-state index is 0.00387. The Morgan fingerprint density at radius 3 is 2.83 bits per heavy atom. The van der Waals surface area contributed by atoms with Crippen LogP contribution in [0.3, 0.4) is 0 Å². The fourth-order valence-corrected chi connectivity index (χ4v) is 1.35. The molecule has 2 N–H and O–H groups in total. The van der Waals surface area contributed by atoms with E-state index in [-0.39, 0.29) is 12.5 Å². The van der Waals surface area contributed by atoms with Gasteiger partial charge in [0.05, 0.1) is 6.54 Å². The molecule has 0 aromatic carbocycles. The van der Waals surface area contributed by atoms with Gasteiger partial charge in [0.25, 0.3) is 0 Å². The number of hydrogen-bond acceptors (Lipinski definition) is 5. The van der Waals surface area contributed by atoms with Gasteiger partial charge in [0.2, 0.25) is 11.9 Å². The van der Waals surface area contributed by atoms with Crippen LogP contribution in [-0.2, 0) is 4.79 Å². The van der Waals surface area contributed by atoms with E-state index < -0.39 is 0 Å². The molecule has 0 spiro atoms. The smallest absolute Gasteiger partial charge is 0.239 e. The number of anilines is 2. The van der Waals surface area contributed by atoms with E-state index in [1.54, 1.807) is 24.2 Å². The van der Waals surface area contributed by atoms with Gasteiger partial charge in [-0.3, -0.25) is 4.79 Å². The maximum atomic E-state index is 11.7. The molecule has 0 aliphatic heterocycles. The Morgan fingerprint density at radius 1 is 1.50 bits per heavy atom. The number of hydrogen-bond donors (Lipinski definition) is 2. The summed E-state index contributed by atoms with van der Waals surface area (Å²) in [6.45, 7) is 5.10. The van der Waals surface area contributed by atoms with E-state index in [1.165, 1.54) is 0 Å². The highest BCUT2D eigenvalue weighted by Gasteiger charge is 2.09. The van der Waals surface area contributed by atoms with Gasteiger partial charge in [-0.25, -0.2) is 4.98 Å². The molecule has 0 saturated carbocycles. The number of aromatic nitrogens is 2. The minimum atomic E-state index is -0.00387. The molecule has 6 nitrogen and oxygen atoms in total. The molecule has 0 radical (unpaired) electrons. The minimum Gasteiger partial charge on any atom is -0.357 e. The zero-order chi connectivity index (χ0) is 13.5. The van der Waals surface area contributed by atoms with Crippen LogP contribution in [-0.4, -0.2) is 43.1 Å². The van der Waals surface area contributed by atoms with E-state index in [0.717, 1.165) is 0 Å². The van der Waals surface area contributed by atoms with E-state index in [9.17, 15) is 4.79 Å². The van der Waals surface area contributed by atoms with Crippen molar-refractivity contribution in [3.8, 4) is 0 Å². The fourth-order valence-electron chi connectivity index (χ4n) is 1.35. The van der Waals surface area contributed by atoms with Crippen LogP contribution in [0.2, 0.25) is 0 Å². The van der Waals surface area contributed by atoms with Crippen LogP contribution < -0.4 is 15.5 Å². The molecule has 0 bridgehead atoms. The number of nitrogens with zero attached hydrogens (tertiary/aromatic N) is 3. The Hall–Kier alpha value is -1.85. The topological polar surface area (TPSA) is 70.2 Å². The van der Waals surface area contributed by atoms with Crippen LogP contribution in [0.15, 0.2) is 12.3 Å². The Morgan fingerprint density at radius 2 is 2.22 bits per heavy atom.